The van der Waals surface area contributed by atoms with Crippen LogP contribution >= 0.6 is 11.6 Å². The Hall–Kier alpha value is -1.43. The molecule has 3 rings (SSSR count). The summed E-state index contributed by atoms with van der Waals surface area (Å²) in [6, 6.07) is 5.39. The summed E-state index contributed by atoms with van der Waals surface area (Å²) < 4.78 is 15.6. The van der Waals surface area contributed by atoms with Crippen LogP contribution in [0, 0.1) is 11.7 Å². The van der Waals surface area contributed by atoms with E-state index >= 15 is 0 Å². The van der Waals surface area contributed by atoms with E-state index in [2.05, 4.69) is 22.4 Å². The molecule has 23 heavy (non-hydrogen) atoms. The third kappa shape index (κ3) is 3.74. The minimum Gasteiger partial charge on any atom is -0.312 e. The highest BCUT2D eigenvalue weighted by molar-refractivity contribution is 6.30. The van der Waals surface area contributed by atoms with Crippen LogP contribution in [0.4, 0.5) is 4.39 Å². The minimum atomic E-state index is -0.341. The summed E-state index contributed by atoms with van der Waals surface area (Å²) >= 11 is 5.80. The lowest BCUT2D eigenvalue weighted by Gasteiger charge is -2.26. The van der Waals surface area contributed by atoms with Crippen molar-refractivity contribution in [3.8, 4) is 0 Å². The highest BCUT2D eigenvalue weighted by Gasteiger charge is 2.32. The number of nitrogens with one attached hydrogen (secondary N) is 1. The van der Waals surface area contributed by atoms with Gasteiger partial charge >= 0.3 is 0 Å². The van der Waals surface area contributed by atoms with E-state index in [9.17, 15) is 4.39 Å². The van der Waals surface area contributed by atoms with Gasteiger partial charge < -0.3 is 5.32 Å². The molecule has 0 bridgehead atoms. The average Bonchev–Trinajstić information content (AvgIpc) is 3.09. The number of hydrogen-bond donors (Lipinski definition) is 1. The van der Waals surface area contributed by atoms with E-state index in [1.54, 1.807) is 16.8 Å². The van der Waals surface area contributed by atoms with E-state index in [0.29, 0.717) is 5.92 Å². The van der Waals surface area contributed by atoms with Gasteiger partial charge in [-0.05, 0) is 43.6 Å². The highest BCUT2D eigenvalue weighted by Crippen LogP contribution is 2.36. The van der Waals surface area contributed by atoms with Gasteiger partial charge in [-0.1, -0.05) is 17.7 Å². The zero-order valence-electron chi connectivity index (χ0n) is 13.5. The largest absolute Gasteiger partial charge is 0.312 e. The second-order valence-electron chi connectivity index (χ2n) is 6.30. The molecule has 0 aliphatic carbocycles. The predicted molar refractivity (Wildman–Crippen MR) is 89.8 cm³/mol. The zero-order valence-corrected chi connectivity index (χ0v) is 14.2. The van der Waals surface area contributed by atoms with E-state index in [-0.39, 0.29) is 16.9 Å². The Morgan fingerprint density at radius 3 is 2.91 bits per heavy atom. The third-order valence-corrected chi connectivity index (χ3v) is 4.86. The molecule has 1 fully saturated rings. The van der Waals surface area contributed by atoms with Gasteiger partial charge in [0.25, 0.3) is 0 Å². The van der Waals surface area contributed by atoms with Gasteiger partial charge in [-0.3, -0.25) is 9.58 Å². The van der Waals surface area contributed by atoms with Crippen LogP contribution in [0.5, 0.6) is 0 Å². The first-order valence-electron chi connectivity index (χ1n) is 7.88. The number of rotatable bonds is 5. The Kier molecular flexibility index (Phi) is 4.99. The number of halogens is 2. The zero-order chi connectivity index (χ0) is 16.4. The first kappa shape index (κ1) is 16.4. The van der Waals surface area contributed by atoms with E-state index < -0.39 is 0 Å². The molecule has 1 aromatic carbocycles. The summed E-state index contributed by atoms with van der Waals surface area (Å²) in [4.78, 5) is 2.29. The predicted octanol–water partition coefficient (Wildman–Crippen LogP) is 3.00. The maximum absolute atomic E-state index is 13.8. The van der Waals surface area contributed by atoms with Crippen LogP contribution in [-0.2, 0) is 13.6 Å². The van der Waals surface area contributed by atoms with Crippen molar-refractivity contribution >= 4 is 11.6 Å². The fourth-order valence-electron chi connectivity index (χ4n) is 3.43. The molecular weight excluding hydrogens is 315 g/mol. The van der Waals surface area contributed by atoms with Crippen molar-refractivity contribution in [1.29, 1.82) is 0 Å². The maximum atomic E-state index is 13.8. The summed E-state index contributed by atoms with van der Waals surface area (Å²) in [5.74, 6) is 0.115. The van der Waals surface area contributed by atoms with E-state index in [0.717, 1.165) is 31.6 Å². The van der Waals surface area contributed by atoms with Gasteiger partial charge in [0.05, 0.1) is 11.2 Å². The number of nitrogens with zero attached hydrogens (tertiary/aromatic N) is 3. The highest BCUT2D eigenvalue weighted by atomic mass is 35.5. The Bertz CT molecular complexity index is 672. The molecular formula is C17H22ClFN4. The summed E-state index contributed by atoms with van der Waals surface area (Å²) in [6.45, 7) is 2.72. The molecule has 2 atom stereocenters. The topological polar surface area (TPSA) is 33.1 Å². The smallest absolute Gasteiger partial charge is 0.142 e. The molecule has 1 aliphatic heterocycles. The maximum Gasteiger partial charge on any atom is 0.142 e. The Balaban J connectivity index is 1.64. The van der Waals surface area contributed by atoms with Crippen LogP contribution in [0.1, 0.15) is 23.6 Å². The van der Waals surface area contributed by atoms with Crippen LogP contribution in [0.25, 0.3) is 0 Å². The summed E-state index contributed by atoms with van der Waals surface area (Å²) in [5, 5.41) is 7.86. The monoisotopic (exact) mass is 336 g/mol. The average molecular weight is 337 g/mol. The molecule has 124 valence electrons. The Labute approximate surface area is 141 Å². The van der Waals surface area contributed by atoms with Gasteiger partial charge in [0, 0.05) is 37.9 Å². The number of likely N-dealkylation sites (tertiary alicyclic amines) is 1. The molecule has 2 heterocycles. The summed E-state index contributed by atoms with van der Waals surface area (Å²) in [7, 11) is 4.01. The van der Waals surface area contributed by atoms with Gasteiger partial charge in [0.1, 0.15) is 5.82 Å². The van der Waals surface area contributed by atoms with Gasteiger partial charge in [0.15, 0.2) is 0 Å². The Morgan fingerprint density at radius 1 is 1.39 bits per heavy atom. The van der Waals surface area contributed by atoms with Gasteiger partial charge in [-0.15, -0.1) is 0 Å². The van der Waals surface area contributed by atoms with Gasteiger partial charge in [-0.25, -0.2) is 4.39 Å². The van der Waals surface area contributed by atoms with Gasteiger partial charge in [-0.2, -0.15) is 5.10 Å². The second-order valence-corrected chi connectivity index (χ2v) is 6.71. The first-order valence-corrected chi connectivity index (χ1v) is 8.26. The molecule has 2 aromatic rings. The van der Waals surface area contributed by atoms with Crippen molar-refractivity contribution in [3.05, 3.63) is 52.6 Å². The van der Waals surface area contributed by atoms with E-state index in [1.807, 2.05) is 25.5 Å². The molecule has 1 aromatic heterocycles. The molecule has 4 nitrogen and oxygen atoms in total. The SMILES string of the molecule is CN1CC[C@H](CNCc2cnn(C)c2)[C@@H]1c1ccc(Cl)c(F)c1. The quantitative estimate of drug-likeness (QED) is 0.911. The fourth-order valence-corrected chi connectivity index (χ4v) is 3.55. The van der Waals surface area contributed by atoms with Crippen LogP contribution in [-0.4, -0.2) is 34.8 Å². The van der Waals surface area contributed by atoms with Crippen LogP contribution in [0.3, 0.4) is 0 Å². The van der Waals surface area contributed by atoms with Gasteiger partial charge in [0.2, 0.25) is 0 Å². The lowest BCUT2D eigenvalue weighted by Crippen LogP contribution is -2.28. The molecule has 0 saturated carbocycles. The molecule has 0 radical (unpaired) electrons. The summed E-state index contributed by atoms with van der Waals surface area (Å²) in [5.41, 5.74) is 2.17. The van der Waals surface area contributed by atoms with Crippen molar-refractivity contribution in [1.82, 2.24) is 20.0 Å². The van der Waals surface area contributed by atoms with Crippen molar-refractivity contribution < 1.29 is 4.39 Å². The van der Waals surface area contributed by atoms with Crippen molar-refractivity contribution in [2.75, 3.05) is 20.1 Å². The molecule has 0 unspecified atom stereocenters. The molecule has 1 saturated heterocycles. The molecule has 0 spiro atoms. The first-order chi connectivity index (χ1) is 11.0. The van der Waals surface area contributed by atoms with Crippen molar-refractivity contribution in [2.24, 2.45) is 13.0 Å². The third-order valence-electron chi connectivity index (χ3n) is 4.55. The minimum absolute atomic E-state index is 0.181. The number of hydrogen-bond acceptors (Lipinski definition) is 3. The van der Waals surface area contributed by atoms with Crippen LogP contribution in [0.2, 0.25) is 5.02 Å². The lowest BCUT2D eigenvalue weighted by atomic mass is 9.93. The molecule has 1 aliphatic rings. The molecule has 6 heteroatoms. The second kappa shape index (κ2) is 6.99. The van der Waals surface area contributed by atoms with E-state index in [4.69, 9.17) is 11.6 Å². The Morgan fingerprint density at radius 2 is 2.22 bits per heavy atom. The lowest BCUT2D eigenvalue weighted by molar-refractivity contribution is 0.271. The fraction of sp³-hybridized carbons (Fsp3) is 0.471. The summed E-state index contributed by atoms with van der Waals surface area (Å²) in [6.07, 6.45) is 4.99. The number of aryl methyl sites for hydroxylation is 1. The number of aromatic nitrogens is 2. The molecule has 0 amide bonds. The van der Waals surface area contributed by atoms with Crippen LogP contribution < -0.4 is 5.32 Å². The van der Waals surface area contributed by atoms with Crippen molar-refractivity contribution in [3.63, 3.8) is 0 Å². The normalized spacial score (nSPS) is 21.9. The van der Waals surface area contributed by atoms with Crippen molar-refractivity contribution in [2.45, 2.75) is 19.0 Å². The van der Waals surface area contributed by atoms with E-state index in [1.165, 1.54) is 5.56 Å². The van der Waals surface area contributed by atoms with Crippen LogP contribution in [0.15, 0.2) is 30.6 Å². The molecule has 1 N–H and O–H groups in total. The standard InChI is InChI=1S/C17H22ClFN4/c1-22-6-5-14(10-20-8-12-9-21-23(2)11-12)17(22)13-3-4-15(18)16(19)7-13/h3-4,7,9,11,14,17,20H,5-6,8,10H2,1-2H3/t14-,17+/m1/s1. The number of benzene rings is 1.